The molecule has 1 aromatic heterocycles. The first-order chi connectivity index (χ1) is 12.6. The Morgan fingerprint density at radius 3 is 2.42 bits per heavy atom. The Kier molecular flexibility index (Phi) is 4.34. The molecule has 4 rings (SSSR count). The van der Waals surface area contributed by atoms with Crippen LogP contribution in [0.5, 0.6) is 0 Å². The van der Waals surface area contributed by atoms with Crippen LogP contribution in [0.25, 0.3) is 11.4 Å². The van der Waals surface area contributed by atoms with Gasteiger partial charge in [-0.3, -0.25) is 9.36 Å². The maximum Gasteiger partial charge on any atom is 0.342 e. The van der Waals surface area contributed by atoms with E-state index >= 15 is 0 Å². The number of hydrogen-bond acceptors (Lipinski definition) is 5. The molecule has 2 heterocycles. The van der Waals surface area contributed by atoms with Gasteiger partial charge in [-0.25, -0.2) is 9.78 Å². The van der Waals surface area contributed by atoms with Gasteiger partial charge in [0.05, 0.1) is 13.2 Å². The van der Waals surface area contributed by atoms with Crippen molar-refractivity contribution in [2.45, 2.75) is 37.5 Å². The van der Waals surface area contributed by atoms with Crippen LogP contribution in [0.15, 0.2) is 41.3 Å². The van der Waals surface area contributed by atoms with E-state index in [2.05, 4.69) is 4.98 Å². The number of hydrogen-bond donors (Lipinski definition) is 1. The summed E-state index contributed by atoms with van der Waals surface area (Å²) in [5.41, 5.74) is -0.0333. The van der Waals surface area contributed by atoms with Crippen LogP contribution in [0.1, 0.15) is 42.1 Å². The fourth-order valence-corrected chi connectivity index (χ4v) is 3.84. The Labute approximate surface area is 150 Å². The van der Waals surface area contributed by atoms with E-state index in [1.54, 1.807) is 4.57 Å². The SMILES string of the molecule is O=C(O)c1cnc(-c2ccccc2)n(C2CCC3(CC2)OCCO3)c1=O. The Bertz CT molecular complexity index is 861. The zero-order valence-corrected chi connectivity index (χ0v) is 14.3. The minimum atomic E-state index is -1.26. The van der Waals surface area contributed by atoms with E-state index in [1.807, 2.05) is 30.3 Å². The Morgan fingerprint density at radius 2 is 1.81 bits per heavy atom. The van der Waals surface area contributed by atoms with Crippen molar-refractivity contribution < 1.29 is 19.4 Å². The lowest BCUT2D eigenvalue weighted by molar-refractivity contribution is -0.181. The zero-order valence-electron chi connectivity index (χ0n) is 14.3. The number of ether oxygens (including phenoxy) is 2. The predicted octanol–water partition coefficient (Wildman–Crippen LogP) is 2.47. The first-order valence-electron chi connectivity index (χ1n) is 8.78. The highest BCUT2D eigenvalue weighted by Crippen LogP contribution is 2.40. The average molecular weight is 356 g/mol. The Morgan fingerprint density at radius 1 is 1.15 bits per heavy atom. The molecule has 26 heavy (non-hydrogen) atoms. The third-order valence-electron chi connectivity index (χ3n) is 5.15. The number of nitrogens with zero attached hydrogens (tertiary/aromatic N) is 2. The molecule has 1 saturated carbocycles. The van der Waals surface area contributed by atoms with E-state index in [0.29, 0.717) is 44.7 Å². The molecule has 0 radical (unpaired) electrons. The van der Waals surface area contributed by atoms with Crippen LogP contribution in [0, 0.1) is 0 Å². The summed E-state index contributed by atoms with van der Waals surface area (Å²) in [6.07, 6.45) is 3.84. The van der Waals surface area contributed by atoms with Gasteiger partial charge in [0, 0.05) is 30.6 Å². The number of rotatable bonds is 3. The molecule has 0 bridgehead atoms. The fourth-order valence-electron chi connectivity index (χ4n) is 3.84. The number of aromatic nitrogens is 2. The summed E-state index contributed by atoms with van der Waals surface area (Å²) in [4.78, 5) is 28.6. The fraction of sp³-hybridized carbons (Fsp3) is 0.421. The van der Waals surface area contributed by atoms with Crippen molar-refractivity contribution in [2.75, 3.05) is 13.2 Å². The molecule has 1 aromatic carbocycles. The van der Waals surface area contributed by atoms with Gasteiger partial charge >= 0.3 is 5.97 Å². The van der Waals surface area contributed by atoms with Crippen molar-refractivity contribution in [3.63, 3.8) is 0 Å². The van der Waals surface area contributed by atoms with E-state index in [1.165, 1.54) is 0 Å². The Balaban J connectivity index is 1.75. The number of carbonyl (C=O) groups is 1. The second kappa shape index (κ2) is 6.66. The molecular weight excluding hydrogens is 336 g/mol. The maximum absolute atomic E-state index is 12.9. The largest absolute Gasteiger partial charge is 0.477 e. The van der Waals surface area contributed by atoms with E-state index < -0.39 is 17.3 Å². The predicted molar refractivity (Wildman–Crippen MR) is 93.0 cm³/mol. The summed E-state index contributed by atoms with van der Waals surface area (Å²) in [7, 11) is 0. The highest BCUT2D eigenvalue weighted by Gasteiger charge is 2.41. The smallest absolute Gasteiger partial charge is 0.342 e. The van der Waals surface area contributed by atoms with E-state index in [-0.39, 0.29) is 11.6 Å². The number of benzene rings is 1. The lowest BCUT2D eigenvalue weighted by atomic mass is 9.89. The molecule has 2 fully saturated rings. The highest BCUT2D eigenvalue weighted by molar-refractivity contribution is 5.87. The number of aromatic carboxylic acids is 1. The van der Waals surface area contributed by atoms with Crippen molar-refractivity contribution in [3.8, 4) is 11.4 Å². The van der Waals surface area contributed by atoms with E-state index in [0.717, 1.165) is 11.8 Å². The second-order valence-corrected chi connectivity index (χ2v) is 6.68. The van der Waals surface area contributed by atoms with Crippen LogP contribution in [0.2, 0.25) is 0 Å². The van der Waals surface area contributed by atoms with Crippen LogP contribution >= 0.6 is 0 Å². The molecule has 2 aromatic rings. The summed E-state index contributed by atoms with van der Waals surface area (Å²) < 4.78 is 13.0. The molecule has 7 nitrogen and oxygen atoms in total. The molecule has 1 N–H and O–H groups in total. The quantitative estimate of drug-likeness (QED) is 0.908. The molecule has 0 unspecified atom stereocenters. The van der Waals surface area contributed by atoms with Gasteiger partial charge in [0.1, 0.15) is 11.4 Å². The minimum absolute atomic E-state index is 0.136. The average Bonchev–Trinajstić information content (AvgIpc) is 3.11. The first kappa shape index (κ1) is 16.9. The van der Waals surface area contributed by atoms with E-state index in [4.69, 9.17) is 9.47 Å². The lowest BCUT2D eigenvalue weighted by Gasteiger charge is -2.36. The van der Waals surface area contributed by atoms with Crippen molar-refractivity contribution in [1.82, 2.24) is 9.55 Å². The molecule has 7 heteroatoms. The summed E-state index contributed by atoms with van der Waals surface area (Å²) in [5.74, 6) is -1.30. The van der Waals surface area contributed by atoms with Crippen LogP contribution in [-0.2, 0) is 9.47 Å². The molecular formula is C19H20N2O5. The third-order valence-corrected chi connectivity index (χ3v) is 5.15. The standard InChI is InChI=1S/C19H20N2O5/c22-17-15(18(23)24)12-20-16(13-4-2-1-3-5-13)21(17)14-6-8-19(9-7-14)25-10-11-26-19/h1-5,12,14H,6-11H2,(H,23,24). The topological polar surface area (TPSA) is 90.7 Å². The van der Waals surface area contributed by atoms with Gasteiger partial charge in [-0.05, 0) is 12.8 Å². The van der Waals surface area contributed by atoms with Gasteiger partial charge in [-0.1, -0.05) is 30.3 Å². The minimum Gasteiger partial charge on any atom is -0.477 e. The van der Waals surface area contributed by atoms with Crippen LogP contribution in [-0.4, -0.2) is 39.6 Å². The molecule has 1 saturated heterocycles. The second-order valence-electron chi connectivity index (χ2n) is 6.68. The molecule has 2 aliphatic rings. The van der Waals surface area contributed by atoms with Gasteiger partial charge in [-0.15, -0.1) is 0 Å². The monoisotopic (exact) mass is 356 g/mol. The normalized spacial score (nSPS) is 19.7. The summed E-state index contributed by atoms with van der Waals surface area (Å²) >= 11 is 0. The maximum atomic E-state index is 12.9. The first-order valence-corrected chi connectivity index (χ1v) is 8.78. The Hall–Kier alpha value is -2.51. The van der Waals surface area contributed by atoms with Crippen LogP contribution in [0.3, 0.4) is 0 Å². The molecule has 0 amide bonds. The van der Waals surface area contributed by atoms with Crippen molar-refractivity contribution in [1.29, 1.82) is 0 Å². The van der Waals surface area contributed by atoms with E-state index in [9.17, 15) is 14.7 Å². The molecule has 1 aliphatic heterocycles. The molecule has 1 spiro atoms. The molecule has 136 valence electrons. The molecule has 0 atom stereocenters. The van der Waals surface area contributed by atoms with Crippen molar-refractivity contribution in [3.05, 3.63) is 52.4 Å². The van der Waals surface area contributed by atoms with Gasteiger partial charge in [0.15, 0.2) is 5.79 Å². The van der Waals surface area contributed by atoms with Crippen LogP contribution in [0.4, 0.5) is 0 Å². The highest BCUT2D eigenvalue weighted by atomic mass is 16.7. The van der Waals surface area contributed by atoms with Crippen molar-refractivity contribution >= 4 is 5.97 Å². The van der Waals surface area contributed by atoms with Gasteiger partial charge in [0.25, 0.3) is 5.56 Å². The number of carboxylic acid groups (broad SMARTS) is 1. The number of carboxylic acids is 1. The van der Waals surface area contributed by atoms with Crippen molar-refractivity contribution in [2.24, 2.45) is 0 Å². The van der Waals surface area contributed by atoms with Gasteiger partial charge in [0.2, 0.25) is 0 Å². The van der Waals surface area contributed by atoms with Gasteiger partial charge < -0.3 is 14.6 Å². The summed E-state index contributed by atoms with van der Waals surface area (Å²) in [6, 6.07) is 9.22. The van der Waals surface area contributed by atoms with Gasteiger partial charge in [-0.2, -0.15) is 0 Å². The lowest BCUT2D eigenvalue weighted by Crippen LogP contribution is -2.39. The van der Waals surface area contributed by atoms with Crippen LogP contribution < -0.4 is 5.56 Å². The summed E-state index contributed by atoms with van der Waals surface area (Å²) in [5, 5.41) is 9.32. The molecule has 1 aliphatic carbocycles. The summed E-state index contributed by atoms with van der Waals surface area (Å²) in [6.45, 7) is 1.19. The third kappa shape index (κ3) is 2.93. The zero-order chi connectivity index (χ0) is 18.1.